The van der Waals surface area contributed by atoms with Gasteiger partial charge in [0.25, 0.3) is 0 Å². The van der Waals surface area contributed by atoms with Gasteiger partial charge in [-0.2, -0.15) is 0 Å². The highest BCUT2D eigenvalue weighted by atomic mass is 16.5. The van der Waals surface area contributed by atoms with Gasteiger partial charge in [-0.1, -0.05) is 46.3 Å². The molecule has 0 aromatic carbocycles. The maximum atomic E-state index is 11.5. The summed E-state index contributed by atoms with van der Waals surface area (Å²) in [4.78, 5) is 22.1. The van der Waals surface area contributed by atoms with E-state index < -0.39 is 11.9 Å². The highest BCUT2D eigenvalue weighted by molar-refractivity contribution is 5.90. The van der Waals surface area contributed by atoms with Crippen molar-refractivity contribution in [3.63, 3.8) is 0 Å². The number of carboxylic acids is 2. The normalized spacial score (nSPS) is 25.8. The minimum Gasteiger partial charge on any atom is -0.481 e. The van der Waals surface area contributed by atoms with Gasteiger partial charge < -0.3 is 14.9 Å². The molecule has 0 bridgehead atoms. The molecule has 0 saturated carbocycles. The van der Waals surface area contributed by atoms with Crippen LogP contribution in [-0.4, -0.2) is 34.9 Å². The minimum absolute atomic E-state index is 0.0816. The Hall–Kier alpha value is -1.88. The predicted octanol–water partition coefficient (Wildman–Crippen LogP) is 5.48. The Kier molecular flexibility index (Phi) is 11.0. The van der Waals surface area contributed by atoms with E-state index in [1.807, 2.05) is 6.92 Å². The second-order valence-electron chi connectivity index (χ2n) is 8.76. The topological polar surface area (TPSA) is 83.8 Å². The van der Waals surface area contributed by atoms with Crippen LogP contribution in [0.2, 0.25) is 0 Å². The molecule has 0 spiro atoms. The van der Waals surface area contributed by atoms with Crippen molar-refractivity contribution in [1.29, 1.82) is 0 Å². The third-order valence-electron chi connectivity index (χ3n) is 5.75. The highest BCUT2D eigenvalue weighted by Crippen LogP contribution is 2.34. The minimum atomic E-state index is -1.04. The Balaban J connectivity index is 2.71. The molecule has 0 unspecified atom stereocenters. The van der Waals surface area contributed by atoms with Crippen molar-refractivity contribution in [3.05, 3.63) is 35.5 Å². The van der Waals surface area contributed by atoms with Crippen LogP contribution < -0.4 is 0 Å². The molecule has 29 heavy (non-hydrogen) atoms. The van der Waals surface area contributed by atoms with Crippen LogP contribution in [0.5, 0.6) is 0 Å². The Morgan fingerprint density at radius 1 is 1.21 bits per heavy atom. The largest absolute Gasteiger partial charge is 0.481 e. The van der Waals surface area contributed by atoms with E-state index >= 15 is 0 Å². The van der Waals surface area contributed by atoms with E-state index in [9.17, 15) is 14.7 Å². The van der Waals surface area contributed by atoms with Gasteiger partial charge in [-0.25, -0.2) is 4.79 Å². The van der Waals surface area contributed by atoms with Gasteiger partial charge in [0.15, 0.2) is 0 Å². The summed E-state index contributed by atoms with van der Waals surface area (Å²) in [5, 5.41) is 18.1. The van der Waals surface area contributed by atoms with Crippen molar-refractivity contribution in [2.24, 2.45) is 23.7 Å². The first kappa shape index (κ1) is 25.2. The van der Waals surface area contributed by atoms with Crippen LogP contribution in [0.25, 0.3) is 0 Å². The number of rotatable bonds is 11. The van der Waals surface area contributed by atoms with Crippen LogP contribution in [0.3, 0.4) is 0 Å². The molecule has 0 amide bonds. The summed E-state index contributed by atoms with van der Waals surface area (Å²) >= 11 is 0. The van der Waals surface area contributed by atoms with E-state index in [-0.39, 0.29) is 18.1 Å². The Bertz CT molecular complexity index is 631. The first-order valence-corrected chi connectivity index (χ1v) is 10.8. The number of carboxylic acid groups (broad SMARTS) is 2. The molecule has 1 rings (SSSR count). The maximum absolute atomic E-state index is 11.5. The van der Waals surface area contributed by atoms with E-state index in [0.29, 0.717) is 17.8 Å². The fourth-order valence-electron chi connectivity index (χ4n) is 4.23. The Labute approximate surface area is 175 Å². The summed E-state index contributed by atoms with van der Waals surface area (Å²) in [5.74, 6) is 0.355. The van der Waals surface area contributed by atoms with E-state index in [1.165, 1.54) is 37.5 Å². The van der Waals surface area contributed by atoms with Crippen LogP contribution in [0, 0.1) is 23.7 Å². The third kappa shape index (κ3) is 9.44. The van der Waals surface area contributed by atoms with Gasteiger partial charge in [-0.15, -0.1) is 0 Å². The smallest absolute Gasteiger partial charge is 0.335 e. The quantitative estimate of drug-likeness (QED) is 0.351. The lowest BCUT2D eigenvalue weighted by molar-refractivity contribution is -0.136. The highest BCUT2D eigenvalue weighted by Gasteiger charge is 2.30. The average molecular weight is 407 g/mol. The molecule has 1 fully saturated rings. The second kappa shape index (κ2) is 12.6. The standard InChI is InChI=1S/C24H38O5/c1-6-16(2)11-17(3)12-20-13-18(4)23(29-15-20)19(5)14-21(24(27)28)9-7-8-10-22(25)26/h7-9,14,16-18,20,23H,6,10-13,15H2,1-5H3,(H,25,26)(H,27,28)/b8-7+,19-14+,21-9+/t16-,17-,18+,20-,23+/m0/s1. The zero-order valence-electron chi connectivity index (χ0n) is 18.6. The number of allylic oxidation sites excluding steroid dienone is 2. The molecule has 1 heterocycles. The van der Waals surface area contributed by atoms with Gasteiger partial charge >= 0.3 is 11.9 Å². The monoisotopic (exact) mass is 406 g/mol. The summed E-state index contributed by atoms with van der Waals surface area (Å²) < 4.78 is 6.15. The molecule has 164 valence electrons. The molecular formula is C24H38O5. The van der Waals surface area contributed by atoms with Crippen molar-refractivity contribution in [2.75, 3.05) is 6.61 Å². The van der Waals surface area contributed by atoms with Crippen LogP contribution in [0.15, 0.2) is 35.5 Å². The molecule has 1 aliphatic rings. The van der Waals surface area contributed by atoms with Crippen molar-refractivity contribution in [1.82, 2.24) is 0 Å². The molecule has 0 aromatic rings. The number of aliphatic carboxylic acids is 2. The predicted molar refractivity (Wildman–Crippen MR) is 116 cm³/mol. The summed E-state index contributed by atoms with van der Waals surface area (Å²) in [6, 6.07) is 0. The van der Waals surface area contributed by atoms with Gasteiger partial charge in [0.1, 0.15) is 0 Å². The van der Waals surface area contributed by atoms with Gasteiger partial charge in [0.05, 0.1) is 24.7 Å². The van der Waals surface area contributed by atoms with Crippen LogP contribution >= 0.6 is 0 Å². The molecule has 1 saturated heterocycles. The van der Waals surface area contributed by atoms with E-state index in [4.69, 9.17) is 9.84 Å². The summed E-state index contributed by atoms with van der Waals surface area (Å²) in [6.07, 6.45) is 10.5. The maximum Gasteiger partial charge on any atom is 0.335 e. The molecule has 0 radical (unpaired) electrons. The number of carbonyl (C=O) groups is 2. The van der Waals surface area contributed by atoms with Crippen molar-refractivity contribution >= 4 is 11.9 Å². The summed E-state index contributed by atoms with van der Waals surface area (Å²) in [7, 11) is 0. The fourth-order valence-corrected chi connectivity index (χ4v) is 4.23. The lowest BCUT2D eigenvalue weighted by atomic mass is 9.80. The number of ether oxygens (including phenoxy) is 1. The average Bonchev–Trinajstić information content (AvgIpc) is 2.63. The molecule has 2 N–H and O–H groups in total. The molecule has 0 aromatic heterocycles. The van der Waals surface area contributed by atoms with E-state index in [2.05, 4.69) is 27.7 Å². The second-order valence-corrected chi connectivity index (χ2v) is 8.76. The van der Waals surface area contributed by atoms with Crippen molar-refractivity contribution < 1.29 is 24.5 Å². The van der Waals surface area contributed by atoms with Crippen LogP contribution in [0.4, 0.5) is 0 Å². The molecule has 0 aliphatic carbocycles. The number of hydrogen-bond donors (Lipinski definition) is 2. The van der Waals surface area contributed by atoms with Crippen molar-refractivity contribution in [2.45, 2.75) is 72.8 Å². The molecule has 5 nitrogen and oxygen atoms in total. The number of hydrogen-bond acceptors (Lipinski definition) is 3. The molecule has 5 heteroatoms. The molecular weight excluding hydrogens is 368 g/mol. The molecule has 5 atom stereocenters. The van der Waals surface area contributed by atoms with Crippen LogP contribution in [0.1, 0.15) is 66.7 Å². The van der Waals surface area contributed by atoms with Gasteiger partial charge in [0.2, 0.25) is 0 Å². The summed E-state index contributed by atoms with van der Waals surface area (Å²) in [5.41, 5.74) is 1.02. The Morgan fingerprint density at radius 3 is 2.45 bits per heavy atom. The van der Waals surface area contributed by atoms with Gasteiger partial charge in [-0.3, -0.25) is 4.79 Å². The zero-order valence-corrected chi connectivity index (χ0v) is 18.6. The fraction of sp³-hybridized carbons (Fsp3) is 0.667. The molecule has 1 aliphatic heterocycles. The first-order valence-electron chi connectivity index (χ1n) is 10.8. The third-order valence-corrected chi connectivity index (χ3v) is 5.75. The zero-order chi connectivity index (χ0) is 22.0. The van der Waals surface area contributed by atoms with Crippen molar-refractivity contribution in [3.8, 4) is 0 Å². The SMILES string of the molecule is CC[C@H](C)C[C@H](C)C[C@@H]1CO[C@@H](/C(C)=C/C(=C\C=C\CC(=O)O)C(=O)O)[C@H](C)C1. The lowest BCUT2D eigenvalue weighted by Crippen LogP contribution is -2.34. The van der Waals surface area contributed by atoms with E-state index in [1.54, 1.807) is 6.08 Å². The Morgan fingerprint density at radius 2 is 1.90 bits per heavy atom. The summed E-state index contributed by atoms with van der Waals surface area (Å²) in [6.45, 7) is 11.7. The van der Waals surface area contributed by atoms with Gasteiger partial charge in [-0.05, 0) is 67.6 Å². The van der Waals surface area contributed by atoms with Crippen LogP contribution in [-0.2, 0) is 14.3 Å². The van der Waals surface area contributed by atoms with E-state index in [0.717, 1.165) is 24.5 Å². The van der Waals surface area contributed by atoms with Gasteiger partial charge in [0, 0.05) is 0 Å². The lowest BCUT2D eigenvalue weighted by Gasteiger charge is -2.36. The first-order chi connectivity index (χ1) is 13.6.